The minimum atomic E-state index is -1.01. The van der Waals surface area contributed by atoms with Crippen LogP contribution in [0.4, 0.5) is 15.6 Å². The van der Waals surface area contributed by atoms with E-state index in [0.717, 1.165) is 23.2 Å². The van der Waals surface area contributed by atoms with Gasteiger partial charge in [-0.25, -0.2) is 14.6 Å². The van der Waals surface area contributed by atoms with Gasteiger partial charge < -0.3 is 10.4 Å². The van der Waals surface area contributed by atoms with Crippen molar-refractivity contribution in [1.82, 2.24) is 9.36 Å². The molecule has 1 aromatic heterocycles. The predicted octanol–water partition coefficient (Wildman–Crippen LogP) is 2.59. The normalized spacial score (nSPS) is 10.5. The smallest absolute Gasteiger partial charge is 0.328 e. The first-order chi connectivity index (χ1) is 10.0. The van der Waals surface area contributed by atoms with Crippen molar-refractivity contribution in [3.63, 3.8) is 0 Å². The number of rotatable bonds is 4. The topological polar surface area (TPSA) is 104 Å². The quantitative estimate of drug-likeness (QED) is 0.753. The number of carbonyl (C=O) groups excluding carboxylic acids is 1. The van der Waals surface area contributed by atoms with Crippen molar-refractivity contribution < 1.29 is 14.7 Å². The number of nitrogens with one attached hydrogen (secondary N) is 2. The van der Waals surface area contributed by atoms with E-state index in [1.54, 1.807) is 31.2 Å². The van der Waals surface area contributed by atoms with Crippen molar-refractivity contribution in [2.75, 3.05) is 10.6 Å². The van der Waals surface area contributed by atoms with Gasteiger partial charge >= 0.3 is 12.0 Å². The molecule has 21 heavy (non-hydrogen) atoms. The second-order valence-corrected chi connectivity index (χ2v) is 4.77. The van der Waals surface area contributed by atoms with Crippen LogP contribution in [-0.2, 0) is 4.79 Å². The Labute approximate surface area is 124 Å². The first kappa shape index (κ1) is 14.7. The number of aliphatic carboxylic acids is 1. The summed E-state index contributed by atoms with van der Waals surface area (Å²) in [5, 5.41) is 14.2. The summed E-state index contributed by atoms with van der Waals surface area (Å²) in [6, 6.07) is 6.33. The fourth-order valence-corrected chi connectivity index (χ4v) is 2.02. The summed E-state index contributed by atoms with van der Waals surface area (Å²) in [5.74, 6) is -0.409. The molecule has 1 aromatic carbocycles. The van der Waals surface area contributed by atoms with Crippen molar-refractivity contribution in [3.05, 3.63) is 41.7 Å². The van der Waals surface area contributed by atoms with Crippen molar-refractivity contribution in [1.29, 1.82) is 0 Å². The number of hydrogen-bond donors (Lipinski definition) is 3. The van der Waals surface area contributed by atoms with Crippen LogP contribution < -0.4 is 10.6 Å². The molecule has 2 rings (SSSR count). The van der Waals surface area contributed by atoms with Crippen LogP contribution in [0.15, 0.2) is 30.3 Å². The van der Waals surface area contributed by atoms with Crippen LogP contribution in [0.3, 0.4) is 0 Å². The maximum Gasteiger partial charge on any atom is 0.328 e. The summed E-state index contributed by atoms with van der Waals surface area (Å²) < 4.78 is 3.96. The van der Waals surface area contributed by atoms with Crippen LogP contribution in [0, 0.1) is 6.92 Å². The number of hydrogen-bond acceptors (Lipinski definition) is 5. The highest BCUT2D eigenvalue weighted by Gasteiger charge is 2.06. The summed E-state index contributed by atoms with van der Waals surface area (Å²) >= 11 is 1.10. The van der Waals surface area contributed by atoms with E-state index in [2.05, 4.69) is 20.0 Å². The van der Waals surface area contributed by atoms with E-state index in [0.29, 0.717) is 16.6 Å². The zero-order valence-electron chi connectivity index (χ0n) is 11.0. The van der Waals surface area contributed by atoms with Crippen molar-refractivity contribution in [2.45, 2.75) is 6.92 Å². The number of aryl methyl sites for hydroxylation is 1. The molecule has 0 spiro atoms. The summed E-state index contributed by atoms with van der Waals surface area (Å²) in [5.41, 5.74) is 1.31. The molecule has 0 saturated carbocycles. The van der Waals surface area contributed by atoms with Gasteiger partial charge in [-0.3, -0.25) is 5.32 Å². The summed E-state index contributed by atoms with van der Waals surface area (Å²) in [6.07, 6.45) is 2.52. The summed E-state index contributed by atoms with van der Waals surface area (Å²) in [7, 11) is 0. The molecule has 1 heterocycles. The Morgan fingerprint density at radius 1 is 1.24 bits per heavy atom. The van der Waals surface area contributed by atoms with E-state index in [4.69, 9.17) is 5.11 Å². The number of urea groups is 1. The van der Waals surface area contributed by atoms with E-state index < -0.39 is 12.0 Å². The molecule has 3 N–H and O–H groups in total. The van der Waals surface area contributed by atoms with Gasteiger partial charge in [0.15, 0.2) is 0 Å². The van der Waals surface area contributed by atoms with Crippen LogP contribution in [0.2, 0.25) is 0 Å². The largest absolute Gasteiger partial charge is 0.478 e. The van der Waals surface area contributed by atoms with E-state index in [1.807, 2.05) is 0 Å². The van der Waals surface area contributed by atoms with E-state index in [-0.39, 0.29) is 0 Å². The first-order valence-corrected chi connectivity index (χ1v) is 6.69. The molecule has 0 aliphatic heterocycles. The fourth-order valence-electron chi connectivity index (χ4n) is 1.45. The summed E-state index contributed by atoms with van der Waals surface area (Å²) in [6.45, 7) is 1.74. The van der Waals surface area contributed by atoms with Gasteiger partial charge in [-0.05, 0) is 30.7 Å². The highest BCUT2D eigenvalue weighted by atomic mass is 32.1. The average Bonchev–Trinajstić information content (AvgIpc) is 2.83. The highest BCUT2D eigenvalue weighted by molar-refractivity contribution is 7.09. The summed E-state index contributed by atoms with van der Waals surface area (Å²) in [4.78, 5) is 26.1. The van der Waals surface area contributed by atoms with Crippen LogP contribution in [0.1, 0.15) is 11.4 Å². The Morgan fingerprint density at radius 3 is 2.52 bits per heavy atom. The third-order valence-corrected chi connectivity index (χ3v) is 3.06. The van der Waals surface area contributed by atoms with Crippen LogP contribution >= 0.6 is 11.5 Å². The minimum absolute atomic E-state index is 0.417. The number of carbonyl (C=O) groups is 2. The lowest BCUT2D eigenvalue weighted by Crippen LogP contribution is -2.19. The lowest BCUT2D eigenvalue weighted by atomic mass is 10.2. The van der Waals surface area contributed by atoms with Crippen LogP contribution in [-0.4, -0.2) is 26.5 Å². The van der Waals surface area contributed by atoms with E-state index >= 15 is 0 Å². The number of nitrogens with zero attached hydrogens (tertiary/aromatic N) is 2. The second kappa shape index (κ2) is 6.62. The van der Waals surface area contributed by atoms with Crippen molar-refractivity contribution in [3.8, 4) is 0 Å². The molecule has 0 saturated heterocycles. The lowest BCUT2D eigenvalue weighted by molar-refractivity contribution is -0.131. The molecule has 0 aliphatic carbocycles. The first-order valence-electron chi connectivity index (χ1n) is 5.92. The Hall–Kier alpha value is -2.74. The van der Waals surface area contributed by atoms with Gasteiger partial charge in [0.05, 0.1) is 0 Å². The second-order valence-electron chi connectivity index (χ2n) is 4.02. The van der Waals surface area contributed by atoms with Gasteiger partial charge in [-0.15, -0.1) is 0 Å². The molecule has 0 atom stereocenters. The van der Waals surface area contributed by atoms with Gasteiger partial charge in [-0.1, -0.05) is 12.1 Å². The van der Waals surface area contributed by atoms with Gasteiger partial charge in [0.1, 0.15) is 5.82 Å². The third-order valence-electron chi connectivity index (χ3n) is 2.33. The van der Waals surface area contributed by atoms with Crippen molar-refractivity contribution >= 4 is 40.4 Å². The van der Waals surface area contributed by atoms with Crippen molar-refractivity contribution in [2.24, 2.45) is 0 Å². The zero-order chi connectivity index (χ0) is 15.2. The molecule has 0 aliphatic rings. The molecular formula is C13H12N4O3S. The molecular weight excluding hydrogens is 292 g/mol. The molecule has 0 unspecified atom stereocenters. The monoisotopic (exact) mass is 304 g/mol. The number of amides is 2. The molecule has 7 nitrogen and oxygen atoms in total. The Bertz CT molecular complexity index is 679. The molecule has 0 fully saturated rings. The molecule has 2 amide bonds. The van der Waals surface area contributed by atoms with E-state index in [9.17, 15) is 9.59 Å². The molecule has 0 radical (unpaired) electrons. The minimum Gasteiger partial charge on any atom is -0.478 e. The van der Waals surface area contributed by atoms with Gasteiger partial charge in [0, 0.05) is 23.3 Å². The number of aromatic nitrogens is 2. The number of carboxylic acid groups (broad SMARTS) is 1. The Kier molecular flexibility index (Phi) is 4.62. The third kappa shape index (κ3) is 4.69. The van der Waals surface area contributed by atoms with Crippen LogP contribution in [0.25, 0.3) is 6.08 Å². The lowest BCUT2D eigenvalue weighted by Gasteiger charge is -2.05. The number of benzene rings is 1. The molecule has 108 valence electrons. The zero-order valence-corrected chi connectivity index (χ0v) is 11.8. The predicted molar refractivity (Wildman–Crippen MR) is 80.4 cm³/mol. The molecule has 2 aromatic rings. The van der Waals surface area contributed by atoms with Gasteiger partial charge in [0.2, 0.25) is 5.13 Å². The Balaban J connectivity index is 1.93. The number of anilines is 2. The highest BCUT2D eigenvalue weighted by Crippen LogP contribution is 2.13. The maximum absolute atomic E-state index is 11.7. The van der Waals surface area contributed by atoms with Gasteiger partial charge in [0.25, 0.3) is 0 Å². The standard InChI is InChI=1S/C13H12N4O3S/c1-8-14-13(21-17-8)16-12(20)15-10-5-2-9(3-6-10)4-7-11(18)19/h2-7H,1H3,(H,18,19)(H2,14,15,16,17,20)/b7-4+. The molecule has 8 heteroatoms. The average molecular weight is 304 g/mol. The molecule has 0 bridgehead atoms. The fraction of sp³-hybridized carbons (Fsp3) is 0.0769. The van der Waals surface area contributed by atoms with Crippen LogP contribution in [0.5, 0.6) is 0 Å². The number of carboxylic acids is 1. The SMILES string of the molecule is Cc1nsc(NC(=O)Nc2ccc(/C=C/C(=O)O)cc2)n1. The van der Waals surface area contributed by atoms with Gasteiger partial charge in [-0.2, -0.15) is 4.37 Å². The Morgan fingerprint density at radius 2 is 1.95 bits per heavy atom. The van der Waals surface area contributed by atoms with E-state index in [1.165, 1.54) is 6.08 Å². The maximum atomic E-state index is 11.7.